The first-order valence-corrected chi connectivity index (χ1v) is 11.1. The van der Waals surface area contributed by atoms with E-state index in [9.17, 15) is 14.7 Å². The third-order valence-corrected chi connectivity index (χ3v) is 5.93. The van der Waals surface area contributed by atoms with E-state index in [1.54, 1.807) is 0 Å². The number of aliphatic hydroxyl groups is 1. The highest BCUT2D eigenvalue weighted by molar-refractivity contribution is 5.77. The van der Waals surface area contributed by atoms with Gasteiger partial charge in [0.2, 0.25) is 5.91 Å². The van der Waals surface area contributed by atoms with Gasteiger partial charge >= 0.3 is 0 Å². The van der Waals surface area contributed by atoms with E-state index in [0.717, 1.165) is 12.1 Å². The van der Waals surface area contributed by atoms with Crippen molar-refractivity contribution >= 4 is 11.7 Å². The lowest BCUT2D eigenvalue weighted by atomic mass is 9.90. The Morgan fingerprint density at radius 3 is 2.48 bits per heavy atom. The van der Waals surface area contributed by atoms with Crippen LogP contribution in [0.3, 0.4) is 0 Å². The Hall–Kier alpha value is -2.67. The summed E-state index contributed by atoms with van der Waals surface area (Å²) >= 11 is 0. The summed E-state index contributed by atoms with van der Waals surface area (Å²) in [6, 6.07) is 11.5. The van der Waals surface area contributed by atoms with E-state index in [1.807, 2.05) is 35.2 Å². The molecule has 168 valence electrons. The van der Waals surface area contributed by atoms with Crippen LogP contribution in [0.4, 0.5) is 5.82 Å². The van der Waals surface area contributed by atoms with Crippen molar-refractivity contribution in [2.45, 2.75) is 58.1 Å². The number of benzene rings is 1. The first-order valence-electron chi connectivity index (χ1n) is 11.1. The maximum absolute atomic E-state index is 12.7. The molecule has 2 heterocycles. The van der Waals surface area contributed by atoms with E-state index < -0.39 is 5.60 Å². The minimum atomic E-state index is -1.01. The first kappa shape index (κ1) is 23.0. The predicted molar refractivity (Wildman–Crippen MR) is 122 cm³/mol. The number of carbonyl (C=O) groups is 1. The van der Waals surface area contributed by atoms with Crippen molar-refractivity contribution in [2.75, 3.05) is 25.0 Å². The third kappa shape index (κ3) is 6.40. The number of amides is 1. The highest BCUT2D eigenvalue weighted by Crippen LogP contribution is 2.26. The molecule has 0 bridgehead atoms. The van der Waals surface area contributed by atoms with Crippen LogP contribution >= 0.6 is 0 Å². The maximum atomic E-state index is 12.7. The van der Waals surface area contributed by atoms with Gasteiger partial charge < -0.3 is 15.3 Å². The van der Waals surface area contributed by atoms with E-state index in [0.29, 0.717) is 44.1 Å². The Bertz CT molecular complexity index is 918. The number of nitrogens with one attached hydrogen (secondary N) is 1. The van der Waals surface area contributed by atoms with Crippen molar-refractivity contribution in [1.82, 2.24) is 14.5 Å². The second kappa shape index (κ2) is 10.1. The van der Waals surface area contributed by atoms with Crippen molar-refractivity contribution < 1.29 is 9.90 Å². The van der Waals surface area contributed by atoms with Crippen LogP contribution in [-0.4, -0.2) is 50.7 Å². The van der Waals surface area contributed by atoms with Crippen LogP contribution in [0.15, 0.2) is 47.5 Å². The zero-order valence-corrected chi connectivity index (χ0v) is 18.8. The number of hydrogen-bond acceptors (Lipinski definition) is 5. The fourth-order valence-electron chi connectivity index (χ4n) is 3.89. The number of likely N-dealkylation sites (tertiary alicyclic amines) is 1. The van der Waals surface area contributed by atoms with E-state index in [2.05, 4.69) is 31.1 Å². The summed E-state index contributed by atoms with van der Waals surface area (Å²) in [6.07, 6.45) is 2.83. The smallest absolute Gasteiger partial charge is 0.255 e. The first-order chi connectivity index (χ1) is 14.8. The number of carbonyl (C=O) groups excluding carboxylic acids is 1. The molecule has 7 nitrogen and oxygen atoms in total. The fraction of sp³-hybridized carbons (Fsp3) is 0.542. The topological polar surface area (TPSA) is 87.5 Å². The maximum Gasteiger partial charge on any atom is 0.255 e. The lowest BCUT2D eigenvalue weighted by molar-refractivity contribution is -0.136. The molecule has 0 saturated carbocycles. The molecule has 1 amide bonds. The number of piperidine rings is 1. The van der Waals surface area contributed by atoms with Crippen LogP contribution in [0.1, 0.15) is 51.5 Å². The molecule has 1 aromatic heterocycles. The summed E-state index contributed by atoms with van der Waals surface area (Å²) < 4.78 is 1.45. The lowest BCUT2D eigenvalue weighted by Gasteiger charge is -2.38. The quantitative estimate of drug-likeness (QED) is 0.678. The highest BCUT2D eigenvalue weighted by Gasteiger charge is 2.34. The standard InChI is InChI=1S/C24H34N4O3/c1-18(2)15-25-21-14-23(30)28(17-26-21)16-24(31)9-11-27(12-10-24)22(29)13-19(3)20-7-5-4-6-8-20/h4-8,14,17-19,25,31H,9-13,15-16H2,1-3H3. The Morgan fingerprint density at radius 1 is 1.19 bits per heavy atom. The zero-order valence-electron chi connectivity index (χ0n) is 18.8. The van der Waals surface area contributed by atoms with Crippen LogP contribution in [0.5, 0.6) is 0 Å². The number of aromatic nitrogens is 2. The molecule has 1 aromatic carbocycles. The molecular weight excluding hydrogens is 392 g/mol. The molecule has 0 aliphatic carbocycles. The highest BCUT2D eigenvalue weighted by atomic mass is 16.3. The zero-order chi connectivity index (χ0) is 22.4. The van der Waals surface area contributed by atoms with Crippen molar-refractivity contribution in [3.8, 4) is 0 Å². The average molecular weight is 427 g/mol. The van der Waals surface area contributed by atoms with E-state index in [4.69, 9.17) is 0 Å². The van der Waals surface area contributed by atoms with Gasteiger partial charge in [-0.25, -0.2) is 4.98 Å². The Balaban J connectivity index is 1.53. The second-order valence-electron chi connectivity index (χ2n) is 9.14. The summed E-state index contributed by atoms with van der Waals surface area (Å²) in [7, 11) is 0. The van der Waals surface area contributed by atoms with Gasteiger partial charge in [0, 0.05) is 32.1 Å². The Labute approximate surface area is 184 Å². The van der Waals surface area contributed by atoms with Crippen molar-refractivity contribution in [3.63, 3.8) is 0 Å². The minimum absolute atomic E-state index is 0.109. The summed E-state index contributed by atoms with van der Waals surface area (Å²) in [6.45, 7) is 8.15. The van der Waals surface area contributed by atoms with Crippen molar-refractivity contribution in [3.05, 3.63) is 58.6 Å². The van der Waals surface area contributed by atoms with Gasteiger partial charge in [-0.15, -0.1) is 0 Å². The molecule has 1 aliphatic heterocycles. The number of anilines is 1. The fourth-order valence-corrected chi connectivity index (χ4v) is 3.89. The SMILES string of the molecule is CC(C)CNc1cc(=O)n(CC2(O)CCN(C(=O)CC(C)c3ccccc3)CC2)cn1. The van der Waals surface area contributed by atoms with Gasteiger partial charge in [0.05, 0.1) is 18.5 Å². The van der Waals surface area contributed by atoms with Gasteiger partial charge in [0.25, 0.3) is 5.56 Å². The van der Waals surface area contributed by atoms with Crippen LogP contribution in [0.25, 0.3) is 0 Å². The Kier molecular flexibility index (Phi) is 7.49. The molecule has 0 radical (unpaired) electrons. The molecule has 3 rings (SSSR count). The lowest BCUT2D eigenvalue weighted by Crippen LogP contribution is -2.49. The number of nitrogens with zero attached hydrogens (tertiary/aromatic N) is 3. The molecule has 7 heteroatoms. The molecule has 0 spiro atoms. The van der Waals surface area contributed by atoms with Crippen molar-refractivity contribution in [2.24, 2.45) is 5.92 Å². The average Bonchev–Trinajstić information content (AvgIpc) is 2.75. The largest absolute Gasteiger partial charge is 0.388 e. The van der Waals surface area contributed by atoms with E-state index in [-0.39, 0.29) is 23.9 Å². The van der Waals surface area contributed by atoms with Gasteiger partial charge in [-0.05, 0) is 30.2 Å². The van der Waals surface area contributed by atoms with Gasteiger partial charge in [-0.2, -0.15) is 0 Å². The Morgan fingerprint density at radius 2 is 1.87 bits per heavy atom. The summed E-state index contributed by atoms with van der Waals surface area (Å²) in [5, 5.41) is 14.2. The summed E-state index contributed by atoms with van der Waals surface area (Å²) in [5.74, 6) is 1.27. The summed E-state index contributed by atoms with van der Waals surface area (Å²) in [5.41, 5.74) is -0.0485. The minimum Gasteiger partial charge on any atom is -0.388 e. The van der Waals surface area contributed by atoms with Crippen LogP contribution in [-0.2, 0) is 11.3 Å². The van der Waals surface area contributed by atoms with Crippen LogP contribution < -0.4 is 10.9 Å². The molecule has 31 heavy (non-hydrogen) atoms. The van der Waals surface area contributed by atoms with Crippen molar-refractivity contribution in [1.29, 1.82) is 0 Å². The number of rotatable bonds is 8. The molecule has 2 N–H and O–H groups in total. The molecular formula is C24H34N4O3. The molecule has 1 fully saturated rings. The normalized spacial score (nSPS) is 16.9. The summed E-state index contributed by atoms with van der Waals surface area (Å²) in [4.78, 5) is 31.3. The van der Waals surface area contributed by atoms with Gasteiger partial charge in [0.1, 0.15) is 5.82 Å². The van der Waals surface area contributed by atoms with E-state index in [1.165, 1.54) is 17.0 Å². The van der Waals surface area contributed by atoms with Crippen LogP contribution in [0.2, 0.25) is 0 Å². The second-order valence-corrected chi connectivity index (χ2v) is 9.14. The van der Waals surface area contributed by atoms with Gasteiger partial charge in [0.15, 0.2) is 0 Å². The van der Waals surface area contributed by atoms with Gasteiger partial charge in [-0.3, -0.25) is 14.2 Å². The van der Waals surface area contributed by atoms with E-state index >= 15 is 0 Å². The number of hydrogen-bond donors (Lipinski definition) is 2. The predicted octanol–water partition coefficient (Wildman–Crippen LogP) is 2.86. The molecule has 1 saturated heterocycles. The molecule has 2 aromatic rings. The third-order valence-electron chi connectivity index (χ3n) is 5.93. The molecule has 1 unspecified atom stereocenters. The molecule has 1 atom stereocenters. The molecule has 1 aliphatic rings. The monoisotopic (exact) mass is 426 g/mol. The van der Waals surface area contributed by atoms with Crippen LogP contribution in [0, 0.1) is 5.92 Å². The van der Waals surface area contributed by atoms with Gasteiger partial charge in [-0.1, -0.05) is 51.1 Å².